The first-order chi connectivity index (χ1) is 9.95. The molecule has 0 bridgehead atoms. The van der Waals surface area contributed by atoms with Gasteiger partial charge in [-0.25, -0.2) is 0 Å². The van der Waals surface area contributed by atoms with Crippen LogP contribution in [0, 0.1) is 0 Å². The van der Waals surface area contributed by atoms with Gasteiger partial charge in [0.2, 0.25) is 0 Å². The Balaban J connectivity index is 0.00000242. The Morgan fingerprint density at radius 2 is 1.91 bits per heavy atom. The quantitative estimate of drug-likeness (QED) is 0.854. The Kier molecular flexibility index (Phi) is 6.71. The van der Waals surface area contributed by atoms with Gasteiger partial charge in [-0.1, -0.05) is 6.08 Å². The molecule has 1 N–H and O–H groups in total. The maximum absolute atomic E-state index is 13.0. The molecular formula is C15H20ClF3N2O. The van der Waals surface area contributed by atoms with Crippen molar-refractivity contribution in [2.75, 3.05) is 33.3 Å². The monoisotopic (exact) mass is 336 g/mol. The number of alkyl halides is 3. The summed E-state index contributed by atoms with van der Waals surface area (Å²) in [6.45, 7) is 6.96. The van der Waals surface area contributed by atoms with Crippen LogP contribution >= 0.6 is 12.4 Å². The first-order valence-electron chi connectivity index (χ1n) is 6.79. The maximum Gasteiger partial charge on any atom is 0.416 e. The second-order valence-corrected chi connectivity index (χ2v) is 4.96. The zero-order chi connectivity index (χ0) is 15.5. The van der Waals surface area contributed by atoms with Crippen molar-refractivity contribution in [3.05, 3.63) is 42.0 Å². The molecule has 1 saturated heterocycles. The van der Waals surface area contributed by atoms with Crippen LogP contribution in [0.25, 0.3) is 0 Å². The second-order valence-electron chi connectivity index (χ2n) is 4.96. The normalized spacial score (nSPS) is 17.5. The fourth-order valence-corrected chi connectivity index (χ4v) is 2.53. The van der Waals surface area contributed by atoms with Gasteiger partial charge in [-0.3, -0.25) is 4.90 Å². The van der Waals surface area contributed by atoms with E-state index in [0.717, 1.165) is 32.2 Å². The van der Waals surface area contributed by atoms with Crippen LogP contribution in [0.4, 0.5) is 13.2 Å². The SMILES string of the molecule is C=C[C@@H](c1cc(OC)cc(C(F)(F)F)c1)N1CCNCC1.Cl. The maximum atomic E-state index is 13.0. The van der Waals surface area contributed by atoms with Gasteiger partial charge >= 0.3 is 6.18 Å². The minimum Gasteiger partial charge on any atom is -0.497 e. The summed E-state index contributed by atoms with van der Waals surface area (Å²) in [5.41, 5.74) is -0.141. The molecule has 1 aromatic rings. The number of piperazine rings is 1. The zero-order valence-corrected chi connectivity index (χ0v) is 13.1. The lowest BCUT2D eigenvalue weighted by Gasteiger charge is -2.33. The van der Waals surface area contributed by atoms with Crippen molar-refractivity contribution in [3.8, 4) is 5.75 Å². The van der Waals surface area contributed by atoms with E-state index in [0.29, 0.717) is 5.56 Å². The molecule has 0 spiro atoms. The van der Waals surface area contributed by atoms with Gasteiger partial charge in [-0.2, -0.15) is 13.2 Å². The van der Waals surface area contributed by atoms with Crippen molar-refractivity contribution >= 4 is 12.4 Å². The molecule has 0 aliphatic carbocycles. The van der Waals surface area contributed by atoms with Crippen LogP contribution in [-0.2, 0) is 6.18 Å². The Morgan fingerprint density at radius 1 is 1.27 bits per heavy atom. The summed E-state index contributed by atoms with van der Waals surface area (Å²) in [7, 11) is 1.37. The van der Waals surface area contributed by atoms with Crippen molar-refractivity contribution in [3.63, 3.8) is 0 Å². The highest BCUT2D eigenvalue weighted by molar-refractivity contribution is 5.85. The van der Waals surface area contributed by atoms with Crippen LogP contribution in [-0.4, -0.2) is 38.2 Å². The molecule has 1 aliphatic rings. The number of ether oxygens (including phenoxy) is 1. The van der Waals surface area contributed by atoms with Gasteiger partial charge in [0.25, 0.3) is 0 Å². The first-order valence-corrected chi connectivity index (χ1v) is 6.79. The third-order valence-corrected chi connectivity index (χ3v) is 3.60. The minimum absolute atomic E-state index is 0. The van der Waals surface area contributed by atoms with Crippen LogP contribution in [0.3, 0.4) is 0 Å². The highest BCUT2D eigenvalue weighted by Gasteiger charge is 2.32. The smallest absolute Gasteiger partial charge is 0.416 e. The summed E-state index contributed by atoms with van der Waals surface area (Å²) in [5.74, 6) is 0.210. The van der Waals surface area contributed by atoms with E-state index in [2.05, 4.69) is 16.8 Å². The van der Waals surface area contributed by atoms with Gasteiger partial charge in [-0.05, 0) is 23.8 Å². The van der Waals surface area contributed by atoms with E-state index in [-0.39, 0.29) is 24.2 Å². The molecule has 1 aromatic carbocycles. The number of nitrogens with zero attached hydrogens (tertiary/aromatic N) is 1. The van der Waals surface area contributed by atoms with E-state index in [4.69, 9.17) is 4.74 Å². The fraction of sp³-hybridized carbons (Fsp3) is 0.467. The molecule has 0 unspecified atom stereocenters. The standard InChI is InChI=1S/C15H19F3N2O.ClH/c1-3-14(20-6-4-19-5-7-20)11-8-12(15(16,17)18)10-13(9-11)21-2;/h3,8-10,14,19H,1,4-7H2,2H3;1H/t14-;/m0./s1. The summed E-state index contributed by atoms with van der Waals surface area (Å²) < 4.78 is 44.0. The highest BCUT2D eigenvalue weighted by atomic mass is 35.5. The van der Waals surface area contributed by atoms with Crippen molar-refractivity contribution in [2.45, 2.75) is 12.2 Å². The van der Waals surface area contributed by atoms with Gasteiger partial charge in [0.05, 0.1) is 18.7 Å². The van der Waals surface area contributed by atoms with E-state index in [1.54, 1.807) is 12.1 Å². The third-order valence-electron chi connectivity index (χ3n) is 3.60. The summed E-state index contributed by atoms with van der Waals surface area (Å²) in [5, 5.41) is 3.22. The second kappa shape index (κ2) is 7.85. The number of rotatable bonds is 4. The summed E-state index contributed by atoms with van der Waals surface area (Å²) >= 11 is 0. The van der Waals surface area contributed by atoms with Crippen LogP contribution in [0.5, 0.6) is 5.75 Å². The molecule has 0 aromatic heterocycles. The van der Waals surface area contributed by atoms with E-state index in [1.165, 1.54) is 13.2 Å². The average molecular weight is 337 g/mol. The Labute approximate surface area is 134 Å². The largest absolute Gasteiger partial charge is 0.497 e. The topological polar surface area (TPSA) is 24.5 Å². The molecule has 1 heterocycles. The molecule has 3 nitrogen and oxygen atoms in total. The van der Waals surface area contributed by atoms with Crippen LogP contribution in [0.2, 0.25) is 0 Å². The lowest BCUT2D eigenvalue weighted by Crippen LogP contribution is -2.44. The Bertz CT molecular complexity index is 502. The molecule has 0 amide bonds. The summed E-state index contributed by atoms with van der Waals surface area (Å²) in [4.78, 5) is 2.11. The van der Waals surface area contributed by atoms with E-state index < -0.39 is 11.7 Å². The van der Waals surface area contributed by atoms with Gasteiger partial charge in [-0.15, -0.1) is 19.0 Å². The first kappa shape index (κ1) is 18.8. The number of methoxy groups -OCH3 is 1. The van der Waals surface area contributed by atoms with Crippen LogP contribution < -0.4 is 10.1 Å². The highest BCUT2D eigenvalue weighted by Crippen LogP contribution is 2.35. The number of halogens is 4. The van der Waals surface area contributed by atoms with Gasteiger partial charge in [0, 0.05) is 26.2 Å². The number of hydrogen-bond donors (Lipinski definition) is 1. The van der Waals surface area contributed by atoms with Crippen LogP contribution in [0.15, 0.2) is 30.9 Å². The van der Waals surface area contributed by atoms with E-state index >= 15 is 0 Å². The van der Waals surface area contributed by atoms with Crippen molar-refractivity contribution < 1.29 is 17.9 Å². The van der Waals surface area contributed by atoms with Gasteiger partial charge < -0.3 is 10.1 Å². The molecular weight excluding hydrogens is 317 g/mol. The van der Waals surface area contributed by atoms with Crippen molar-refractivity contribution in [1.82, 2.24) is 10.2 Å². The van der Waals surface area contributed by atoms with Crippen molar-refractivity contribution in [2.24, 2.45) is 0 Å². The Morgan fingerprint density at radius 3 is 2.41 bits per heavy atom. The van der Waals surface area contributed by atoms with E-state index in [1.807, 2.05) is 0 Å². The molecule has 22 heavy (non-hydrogen) atoms. The average Bonchev–Trinajstić information content (AvgIpc) is 2.48. The summed E-state index contributed by atoms with van der Waals surface area (Å²) in [6.07, 6.45) is -2.71. The molecule has 124 valence electrons. The van der Waals surface area contributed by atoms with Crippen molar-refractivity contribution in [1.29, 1.82) is 0 Å². The van der Waals surface area contributed by atoms with Gasteiger partial charge in [0.1, 0.15) is 5.75 Å². The van der Waals surface area contributed by atoms with Gasteiger partial charge in [0.15, 0.2) is 0 Å². The molecule has 7 heteroatoms. The number of hydrogen-bond acceptors (Lipinski definition) is 3. The lowest BCUT2D eigenvalue weighted by atomic mass is 10.0. The molecule has 1 aliphatic heterocycles. The third kappa shape index (κ3) is 4.38. The lowest BCUT2D eigenvalue weighted by molar-refractivity contribution is -0.137. The molecule has 1 atom stereocenters. The molecule has 2 rings (SSSR count). The Hall–Kier alpha value is -1.24. The predicted molar refractivity (Wildman–Crippen MR) is 82.6 cm³/mol. The molecule has 0 saturated carbocycles. The van der Waals surface area contributed by atoms with E-state index in [9.17, 15) is 13.2 Å². The predicted octanol–water partition coefficient (Wildman–Crippen LogP) is 3.27. The minimum atomic E-state index is -4.39. The number of benzene rings is 1. The molecule has 1 fully saturated rings. The van der Waals surface area contributed by atoms with Crippen LogP contribution in [0.1, 0.15) is 17.2 Å². The summed E-state index contributed by atoms with van der Waals surface area (Å²) in [6, 6.07) is 3.59. The zero-order valence-electron chi connectivity index (χ0n) is 12.3. The fourth-order valence-electron chi connectivity index (χ4n) is 2.53. The number of nitrogens with one attached hydrogen (secondary N) is 1. The molecule has 0 radical (unpaired) electrons.